The van der Waals surface area contributed by atoms with E-state index in [2.05, 4.69) is 4.36 Å². The predicted octanol–water partition coefficient (Wildman–Crippen LogP) is 2.25. The van der Waals surface area contributed by atoms with Crippen molar-refractivity contribution in [3.05, 3.63) is 29.3 Å². The van der Waals surface area contributed by atoms with Crippen molar-refractivity contribution < 1.29 is 8.42 Å². The molecule has 0 aliphatic rings. The van der Waals surface area contributed by atoms with Crippen LogP contribution in [0.5, 0.6) is 0 Å². The number of hydrogen-bond acceptors (Lipinski definition) is 3. The van der Waals surface area contributed by atoms with Crippen LogP contribution < -0.4 is 0 Å². The molecule has 0 saturated carbocycles. The molecule has 0 amide bonds. The molecule has 1 rings (SSSR count). The van der Waals surface area contributed by atoms with Gasteiger partial charge in [0.1, 0.15) is 0 Å². The van der Waals surface area contributed by atoms with Crippen molar-refractivity contribution in [2.24, 2.45) is 4.36 Å². The van der Waals surface area contributed by atoms with E-state index in [-0.39, 0.29) is 0 Å². The second kappa shape index (κ2) is 4.18. The van der Waals surface area contributed by atoms with Crippen molar-refractivity contribution in [2.75, 3.05) is 0 Å². The van der Waals surface area contributed by atoms with Gasteiger partial charge in [-0.25, -0.2) is 0 Å². The van der Waals surface area contributed by atoms with Gasteiger partial charge in [0.15, 0.2) is 0 Å². The maximum atomic E-state index is 10.3. The summed E-state index contributed by atoms with van der Waals surface area (Å²) in [4.78, 5) is 0. The van der Waals surface area contributed by atoms with E-state index >= 15 is 0 Å². The number of hydrogen-bond donors (Lipinski definition) is 0. The zero-order chi connectivity index (χ0) is 9.84. The van der Waals surface area contributed by atoms with Crippen molar-refractivity contribution in [1.29, 1.82) is 0 Å². The molecule has 0 heterocycles. The van der Waals surface area contributed by atoms with Crippen LogP contribution in [0.25, 0.3) is 0 Å². The van der Waals surface area contributed by atoms with Crippen LogP contribution in [0.2, 0.25) is 0 Å². The highest BCUT2D eigenvalue weighted by molar-refractivity contribution is 7.61. The molecule has 0 N–H and O–H groups in total. The molecular weight excluding hydrogens is 186 g/mol. The lowest BCUT2D eigenvalue weighted by molar-refractivity contribution is 0.622. The average Bonchev–Trinajstić information content (AvgIpc) is 2.07. The van der Waals surface area contributed by atoms with Gasteiger partial charge in [-0.1, -0.05) is 13.0 Å². The fraction of sp³-hybridized carbons (Fsp3) is 0.333. The summed E-state index contributed by atoms with van der Waals surface area (Å²) in [7, 11) is -2.36. The van der Waals surface area contributed by atoms with Crippen molar-refractivity contribution in [2.45, 2.75) is 20.3 Å². The van der Waals surface area contributed by atoms with Gasteiger partial charge >= 0.3 is 10.5 Å². The SMILES string of the molecule is CCc1cc(N=S(=O)=O)ccc1C. The summed E-state index contributed by atoms with van der Waals surface area (Å²) in [5, 5.41) is 0. The van der Waals surface area contributed by atoms with Crippen molar-refractivity contribution in [3.63, 3.8) is 0 Å². The summed E-state index contributed by atoms with van der Waals surface area (Å²) in [5.41, 5.74) is 2.79. The minimum atomic E-state index is -2.36. The fourth-order valence-electron chi connectivity index (χ4n) is 1.18. The van der Waals surface area contributed by atoms with E-state index in [0.29, 0.717) is 5.69 Å². The number of rotatable bonds is 2. The number of nitrogens with zero attached hydrogens (tertiary/aromatic N) is 1. The molecule has 0 atom stereocenters. The summed E-state index contributed by atoms with van der Waals surface area (Å²) in [6.07, 6.45) is 0.890. The third kappa shape index (κ3) is 2.66. The Hall–Kier alpha value is -1.16. The normalized spacial score (nSPS) is 9.69. The van der Waals surface area contributed by atoms with Gasteiger partial charge in [0, 0.05) is 0 Å². The van der Waals surface area contributed by atoms with Crippen LogP contribution >= 0.6 is 0 Å². The van der Waals surface area contributed by atoms with Gasteiger partial charge < -0.3 is 0 Å². The molecule has 0 radical (unpaired) electrons. The predicted molar refractivity (Wildman–Crippen MR) is 51.6 cm³/mol. The molecule has 3 nitrogen and oxygen atoms in total. The lowest BCUT2D eigenvalue weighted by atomic mass is 10.1. The third-order valence-electron chi connectivity index (χ3n) is 1.89. The molecule has 0 saturated heterocycles. The number of aryl methyl sites for hydroxylation is 2. The highest BCUT2D eigenvalue weighted by Crippen LogP contribution is 2.17. The zero-order valence-corrected chi connectivity index (χ0v) is 8.43. The molecule has 4 heteroatoms. The van der Waals surface area contributed by atoms with E-state index in [0.717, 1.165) is 17.5 Å². The lowest BCUT2D eigenvalue weighted by Crippen LogP contribution is -1.84. The van der Waals surface area contributed by atoms with Gasteiger partial charge in [-0.05, 0) is 36.6 Å². The highest BCUT2D eigenvalue weighted by Gasteiger charge is 1.97. The summed E-state index contributed by atoms with van der Waals surface area (Å²) >= 11 is 0. The average molecular weight is 197 g/mol. The molecule has 0 aromatic heterocycles. The summed E-state index contributed by atoms with van der Waals surface area (Å²) in [6, 6.07) is 5.37. The smallest absolute Gasteiger partial charge is 0.163 e. The molecule has 0 unspecified atom stereocenters. The first-order chi connectivity index (χ1) is 6.13. The minimum Gasteiger partial charge on any atom is -0.163 e. The molecule has 70 valence electrons. The highest BCUT2D eigenvalue weighted by atomic mass is 32.2. The molecule has 0 aliphatic carbocycles. The number of benzene rings is 1. The molecule has 1 aromatic carbocycles. The Balaban J connectivity index is 3.21. The minimum absolute atomic E-state index is 0.496. The monoisotopic (exact) mass is 197 g/mol. The van der Waals surface area contributed by atoms with E-state index in [9.17, 15) is 8.42 Å². The summed E-state index contributed by atoms with van der Waals surface area (Å²) < 4.78 is 24.0. The Morgan fingerprint density at radius 3 is 2.62 bits per heavy atom. The van der Waals surface area contributed by atoms with Crippen LogP contribution in [0, 0.1) is 6.92 Å². The molecule has 13 heavy (non-hydrogen) atoms. The standard InChI is InChI=1S/C9H11NO2S/c1-3-8-6-9(10-13(11)12)5-4-7(8)2/h4-6H,3H2,1-2H3. The molecule has 0 fully saturated rings. The van der Waals surface area contributed by atoms with Crippen LogP contribution in [-0.4, -0.2) is 8.42 Å². The van der Waals surface area contributed by atoms with Gasteiger partial charge in [0.2, 0.25) is 0 Å². The third-order valence-corrected chi connectivity index (χ3v) is 2.25. The van der Waals surface area contributed by atoms with Crippen molar-refractivity contribution in [3.8, 4) is 0 Å². The molecule has 0 aliphatic heterocycles. The maximum absolute atomic E-state index is 10.3. The van der Waals surface area contributed by atoms with Crippen molar-refractivity contribution in [1.82, 2.24) is 0 Å². The Morgan fingerprint density at radius 2 is 2.08 bits per heavy atom. The Bertz CT molecular complexity index is 427. The fourth-order valence-corrected chi connectivity index (χ4v) is 1.47. The Labute approximate surface area is 79.1 Å². The maximum Gasteiger partial charge on any atom is 0.316 e. The largest absolute Gasteiger partial charge is 0.316 e. The van der Waals surface area contributed by atoms with Gasteiger partial charge in [0.25, 0.3) is 0 Å². The first kappa shape index (κ1) is 9.92. The van der Waals surface area contributed by atoms with E-state index in [1.165, 1.54) is 0 Å². The van der Waals surface area contributed by atoms with Crippen LogP contribution in [0.15, 0.2) is 22.6 Å². The topological polar surface area (TPSA) is 46.5 Å². The van der Waals surface area contributed by atoms with Gasteiger partial charge in [-0.3, -0.25) is 0 Å². The first-order valence-electron chi connectivity index (χ1n) is 4.04. The van der Waals surface area contributed by atoms with Gasteiger partial charge in [-0.15, -0.1) is 4.36 Å². The molecule has 0 bridgehead atoms. The second-order valence-corrected chi connectivity index (χ2v) is 3.39. The van der Waals surface area contributed by atoms with E-state index < -0.39 is 10.5 Å². The Morgan fingerprint density at radius 1 is 1.38 bits per heavy atom. The van der Waals surface area contributed by atoms with Crippen LogP contribution in [0.1, 0.15) is 18.1 Å². The van der Waals surface area contributed by atoms with Gasteiger partial charge in [-0.2, -0.15) is 8.42 Å². The molecule has 0 spiro atoms. The van der Waals surface area contributed by atoms with Crippen LogP contribution in [-0.2, 0) is 16.9 Å². The van der Waals surface area contributed by atoms with Gasteiger partial charge in [0.05, 0.1) is 5.69 Å². The molecular formula is C9H11NO2S. The van der Waals surface area contributed by atoms with Crippen LogP contribution in [0.3, 0.4) is 0 Å². The van der Waals surface area contributed by atoms with E-state index in [1.807, 2.05) is 19.9 Å². The second-order valence-electron chi connectivity index (χ2n) is 2.77. The lowest BCUT2D eigenvalue weighted by Gasteiger charge is -2.01. The van der Waals surface area contributed by atoms with E-state index in [4.69, 9.17) is 0 Å². The zero-order valence-electron chi connectivity index (χ0n) is 7.61. The Kier molecular flexibility index (Phi) is 3.19. The summed E-state index contributed by atoms with van der Waals surface area (Å²) in [5.74, 6) is 0. The first-order valence-corrected chi connectivity index (χ1v) is 5.07. The van der Waals surface area contributed by atoms with Crippen LogP contribution in [0.4, 0.5) is 5.69 Å². The quantitative estimate of drug-likeness (QED) is 0.730. The molecule has 1 aromatic rings. The van der Waals surface area contributed by atoms with Crippen molar-refractivity contribution >= 4 is 16.2 Å². The summed E-state index contributed by atoms with van der Waals surface area (Å²) in [6.45, 7) is 4.02. The van der Waals surface area contributed by atoms with E-state index in [1.54, 1.807) is 12.1 Å².